The standard InChI is InChI=1S/C13H18O2/c1-9(2)12-6-5-7-13(8-12)15-11(4)10(3)14/h5-9,11H,1-4H3. The van der Waals surface area contributed by atoms with E-state index in [1.54, 1.807) is 6.92 Å². The van der Waals surface area contributed by atoms with E-state index in [0.29, 0.717) is 5.92 Å². The van der Waals surface area contributed by atoms with Crippen LogP contribution in [0.2, 0.25) is 0 Å². The summed E-state index contributed by atoms with van der Waals surface area (Å²) in [5, 5.41) is 0. The fourth-order valence-corrected chi connectivity index (χ4v) is 1.23. The van der Waals surface area contributed by atoms with Crippen molar-refractivity contribution in [1.29, 1.82) is 0 Å². The molecule has 0 saturated heterocycles. The third kappa shape index (κ3) is 3.39. The zero-order valence-electron chi connectivity index (χ0n) is 9.78. The van der Waals surface area contributed by atoms with Gasteiger partial charge in [-0.25, -0.2) is 0 Å². The van der Waals surface area contributed by atoms with Gasteiger partial charge in [0.25, 0.3) is 0 Å². The van der Waals surface area contributed by atoms with Crippen LogP contribution in [0.1, 0.15) is 39.2 Å². The Morgan fingerprint density at radius 3 is 2.47 bits per heavy atom. The summed E-state index contributed by atoms with van der Waals surface area (Å²) in [6, 6.07) is 7.89. The predicted molar refractivity (Wildman–Crippen MR) is 61.3 cm³/mol. The highest BCUT2D eigenvalue weighted by Gasteiger charge is 2.09. The van der Waals surface area contributed by atoms with Gasteiger partial charge in [0.2, 0.25) is 0 Å². The molecule has 82 valence electrons. The van der Waals surface area contributed by atoms with Crippen molar-refractivity contribution in [1.82, 2.24) is 0 Å². The normalized spacial score (nSPS) is 12.6. The van der Waals surface area contributed by atoms with Crippen LogP contribution in [0, 0.1) is 0 Å². The second-order valence-electron chi connectivity index (χ2n) is 4.10. The Hall–Kier alpha value is -1.31. The topological polar surface area (TPSA) is 26.3 Å². The largest absolute Gasteiger partial charge is 0.483 e. The van der Waals surface area contributed by atoms with E-state index in [0.717, 1.165) is 5.75 Å². The van der Waals surface area contributed by atoms with Gasteiger partial charge in [-0.3, -0.25) is 4.79 Å². The first kappa shape index (κ1) is 11.8. The Morgan fingerprint density at radius 1 is 1.27 bits per heavy atom. The lowest BCUT2D eigenvalue weighted by Gasteiger charge is -2.13. The van der Waals surface area contributed by atoms with Gasteiger partial charge in [-0.05, 0) is 37.5 Å². The van der Waals surface area contributed by atoms with Crippen molar-refractivity contribution in [2.45, 2.75) is 39.7 Å². The average Bonchev–Trinajstić information content (AvgIpc) is 2.18. The summed E-state index contributed by atoms with van der Waals surface area (Å²) >= 11 is 0. The van der Waals surface area contributed by atoms with Crippen molar-refractivity contribution < 1.29 is 9.53 Å². The Bertz CT molecular complexity index is 342. The van der Waals surface area contributed by atoms with Gasteiger partial charge in [0.15, 0.2) is 11.9 Å². The average molecular weight is 206 g/mol. The molecule has 1 aromatic carbocycles. The summed E-state index contributed by atoms with van der Waals surface area (Å²) < 4.78 is 5.52. The lowest BCUT2D eigenvalue weighted by Crippen LogP contribution is -2.20. The maximum absolute atomic E-state index is 11.0. The summed E-state index contributed by atoms with van der Waals surface area (Å²) in [6.07, 6.45) is -0.368. The monoisotopic (exact) mass is 206 g/mol. The minimum Gasteiger partial charge on any atom is -0.483 e. The van der Waals surface area contributed by atoms with Crippen LogP contribution >= 0.6 is 0 Å². The second-order valence-corrected chi connectivity index (χ2v) is 4.10. The van der Waals surface area contributed by atoms with Gasteiger partial charge in [0, 0.05) is 0 Å². The summed E-state index contributed by atoms with van der Waals surface area (Å²) in [7, 11) is 0. The minimum atomic E-state index is -0.368. The smallest absolute Gasteiger partial charge is 0.169 e. The molecule has 15 heavy (non-hydrogen) atoms. The van der Waals surface area contributed by atoms with Crippen LogP contribution < -0.4 is 4.74 Å². The lowest BCUT2D eigenvalue weighted by atomic mass is 10.0. The maximum atomic E-state index is 11.0. The quantitative estimate of drug-likeness (QED) is 0.756. The maximum Gasteiger partial charge on any atom is 0.169 e. The fraction of sp³-hybridized carbons (Fsp3) is 0.462. The number of carbonyl (C=O) groups is 1. The molecule has 0 heterocycles. The Morgan fingerprint density at radius 2 is 1.93 bits per heavy atom. The third-order valence-electron chi connectivity index (χ3n) is 2.41. The van der Waals surface area contributed by atoms with E-state index in [4.69, 9.17) is 4.74 Å². The molecule has 1 rings (SSSR count). The molecule has 0 amide bonds. The summed E-state index contributed by atoms with van der Waals surface area (Å²) in [5.74, 6) is 1.29. The van der Waals surface area contributed by atoms with Crippen LogP contribution in [0.4, 0.5) is 0 Å². The number of hydrogen-bond acceptors (Lipinski definition) is 2. The number of Topliss-reactive ketones (excluding diaryl/α,β-unsaturated/α-hetero) is 1. The molecule has 0 radical (unpaired) electrons. The van der Waals surface area contributed by atoms with Crippen LogP contribution in [0.3, 0.4) is 0 Å². The Labute approximate surface area is 91.3 Å². The highest BCUT2D eigenvalue weighted by Crippen LogP contribution is 2.20. The Balaban J connectivity index is 2.78. The fourth-order valence-electron chi connectivity index (χ4n) is 1.23. The molecular formula is C13H18O2. The van der Waals surface area contributed by atoms with Gasteiger partial charge in [-0.2, -0.15) is 0 Å². The molecule has 2 nitrogen and oxygen atoms in total. The third-order valence-corrected chi connectivity index (χ3v) is 2.41. The predicted octanol–water partition coefficient (Wildman–Crippen LogP) is 3.17. The van der Waals surface area contributed by atoms with E-state index in [1.807, 2.05) is 18.2 Å². The molecule has 0 saturated carbocycles. The van der Waals surface area contributed by atoms with Gasteiger partial charge >= 0.3 is 0 Å². The number of benzene rings is 1. The van der Waals surface area contributed by atoms with Gasteiger partial charge in [-0.1, -0.05) is 26.0 Å². The number of hydrogen-bond donors (Lipinski definition) is 0. The first-order valence-electron chi connectivity index (χ1n) is 5.27. The van der Waals surface area contributed by atoms with Gasteiger partial charge in [-0.15, -0.1) is 0 Å². The lowest BCUT2D eigenvalue weighted by molar-refractivity contribution is -0.122. The molecule has 0 spiro atoms. The second kappa shape index (κ2) is 4.96. The molecule has 0 aliphatic rings. The van der Waals surface area contributed by atoms with E-state index >= 15 is 0 Å². The number of ketones is 1. The van der Waals surface area contributed by atoms with E-state index in [2.05, 4.69) is 19.9 Å². The summed E-state index contributed by atoms with van der Waals surface area (Å²) in [4.78, 5) is 11.0. The molecule has 2 heteroatoms. The highest BCUT2D eigenvalue weighted by atomic mass is 16.5. The molecule has 0 aliphatic carbocycles. The van der Waals surface area contributed by atoms with Crippen LogP contribution in [-0.4, -0.2) is 11.9 Å². The van der Waals surface area contributed by atoms with E-state index in [9.17, 15) is 4.79 Å². The Kier molecular flexibility index (Phi) is 3.89. The molecule has 0 fully saturated rings. The highest BCUT2D eigenvalue weighted by molar-refractivity contribution is 5.80. The molecule has 0 aliphatic heterocycles. The van der Waals surface area contributed by atoms with Crippen LogP contribution in [0.15, 0.2) is 24.3 Å². The van der Waals surface area contributed by atoms with Crippen LogP contribution in [0.25, 0.3) is 0 Å². The van der Waals surface area contributed by atoms with Crippen molar-refractivity contribution in [2.75, 3.05) is 0 Å². The number of carbonyl (C=O) groups excluding carboxylic acids is 1. The summed E-state index contributed by atoms with van der Waals surface area (Å²) in [5.41, 5.74) is 1.23. The molecule has 1 unspecified atom stereocenters. The van der Waals surface area contributed by atoms with Crippen molar-refractivity contribution in [3.63, 3.8) is 0 Å². The van der Waals surface area contributed by atoms with Crippen molar-refractivity contribution in [3.8, 4) is 5.75 Å². The SMILES string of the molecule is CC(=O)C(C)Oc1cccc(C(C)C)c1. The van der Waals surface area contributed by atoms with Crippen LogP contribution in [-0.2, 0) is 4.79 Å². The van der Waals surface area contributed by atoms with E-state index < -0.39 is 0 Å². The summed E-state index contributed by atoms with van der Waals surface area (Å²) in [6.45, 7) is 7.57. The number of ether oxygens (including phenoxy) is 1. The van der Waals surface area contributed by atoms with E-state index in [1.165, 1.54) is 12.5 Å². The zero-order chi connectivity index (χ0) is 11.4. The van der Waals surface area contributed by atoms with Gasteiger partial charge in [0.05, 0.1) is 0 Å². The molecule has 1 atom stereocenters. The first-order chi connectivity index (χ1) is 7.00. The first-order valence-corrected chi connectivity index (χ1v) is 5.27. The molecule has 0 N–H and O–H groups in total. The van der Waals surface area contributed by atoms with Crippen molar-refractivity contribution >= 4 is 5.78 Å². The molecule has 1 aromatic rings. The van der Waals surface area contributed by atoms with Crippen molar-refractivity contribution in [3.05, 3.63) is 29.8 Å². The molecule has 0 aromatic heterocycles. The van der Waals surface area contributed by atoms with Gasteiger partial charge < -0.3 is 4.74 Å². The molecule has 0 bridgehead atoms. The number of rotatable bonds is 4. The van der Waals surface area contributed by atoms with Gasteiger partial charge in [0.1, 0.15) is 5.75 Å². The van der Waals surface area contributed by atoms with Crippen molar-refractivity contribution in [2.24, 2.45) is 0 Å². The minimum absolute atomic E-state index is 0.0463. The van der Waals surface area contributed by atoms with E-state index in [-0.39, 0.29) is 11.9 Å². The zero-order valence-corrected chi connectivity index (χ0v) is 9.78. The molecular weight excluding hydrogens is 188 g/mol. The van der Waals surface area contributed by atoms with Crippen LogP contribution in [0.5, 0.6) is 5.75 Å².